The van der Waals surface area contributed by atoms with Gasteiger partial charge in [-0.3, -0.25) is 4.90 Å². The molecule has 32 heavy (non-hydrogen) atoms. The zero-order valence-corrected chi connectivity index (χ0v) is 17.8. The number of rotatable bonds is 5. The Labute approximate surface area is 185 Å². The highest BCUT2D eigenvalue weighted by molar-refractivity contribution is 7.99. The molecule has 174 valence electrons. The second-order valence-corrected chi connectivity index (χ2v) is 8.70. The fourth-order valence-electron chi connectivity index (χ4n) is 3.70. The number of hydrogen-bond donors (Lipinski definition) is 0. The van der Waals surface area contributed by atoms with Crippen molar-refractivity contribution in [2.45, 2.75) is 30.8 Å². The predicted molar refractivity (Wildman–Crippen MR) is 108 cm³/mol. The van der Waals surface area contributed by atoms with Crippen molar-refractivity contribution in [3.8, 4) is 11.5 Å². The van der Waals surface area contributed by atoms with Gasteiger partial charge >= 0.3 is 12.5 Å². The lowest BCUT2D eigenvalue weighted by Crippen LogP contribution is -2.46. The molecular formula is C21H20F6N2O2S. The lowest BCUT2D eigenvalue weighted by Gasteiger charge is -2.36. The molecule has 1 saturated heterocycles. The third kappa shape index (κ3) is 5.37. The first-order valence-electron chi connectivity index (χ1n) is 9.85. The summed E-state index contributed by atoms with van der Waals surface area (Å²) in [6.07, 6.45) is -7.97. The number of piperazine rings is 1. The van der Waals surface area contributed by atoms with Crippen LogP contribution in [0.4, 0.5) is 32.0 Å². The first-order valence-corrected chi connectivity index (χ1v) is 10.8. The fourth-order valence-corrected chi connectivity index (χ4v) is 4.50. The highest BCUT2D eigenvalue weighted by Crippen LogP contribution is 2.41. The first-order chi connectivity index (χ1) is 15.0. The van der Waals surface area contributed by atoms with Gasteiger partial charge in [-0.05, 0) is 42.3 Å². The largest absolute Gasteiger partial charge is 0.586 e. The van der Waals surface area contributed by atoms with Crippen LogP contribution in [0, 0.1) is 12.7 Å². The van der Waals surface area contributed by atoms with Crippen molar-refractivity contribution in [1.29, 1.82) is 0 Å². The summed E-state index contributed by atoms with van der Waals surface area (Å²) in [6.45, 7) is 4.17. The molecule has 0 radical (unpaired) electrons. The van der Waals surface area contributed by atoms with Crippen LogP contribution in [-0.4, -0.2) is 49.3 Å². The van der Waals surface area contributed by atoms with E-state index in [1.165, 1.54) is 24.3 Å². The number of hydrogen-bond acceptors (Lipinski definition) is 5. The maximum atomic E-state index is 14.5. The van der Waals surface area contributed by atoms with Crippen molar-refractivity contribution in [3.05, 3.63) is 47.3 Å². The van der Waals surface area contributed by atoms with Gasteiger partial charge < -0.3 is 14.4 Å². The van der Waals surface area contributed by atoms with E-state index >= 15 is 0 Å². The summed E-state index contributed by atoms with van der Waals surface area (Å²) in [5.74, 6) is -1.54. The molecule has 2 aliphatic rings. The number of nitrogens with zero attached hydrogens (tertiary/aromatic N) is 2. The maximum absolute atomic E-state index is 14.5. The first kappa shape index (κ1) is 22.9. The summed E-state index contributed by atoms with van der Waals surface area (Å²) in [5, 5.41) is 0. The number of benzene rings is 2. The maximum Gasteiger partial charge on any atom is 0.586 e. The van der Waals surface area contributed by atoms with Gasteiger partial charge in [0.1, 0.15) is 5.82 Å². The van der Waals surface area contributed by atoms with Crippen LogP contribution < -0.4 is 14.4 Å². The number of anilines is 1. The molecule has 0 saturated carbocycles. The van der Waals surface area contributed by atoms with Gasteiger partial charge in [0.2, 0.25) is 0 Å². The zero-order valence-electron chi connectivity index (χ0n) is 17.0. The van der Waals surface area contributed by atoms with E-state index in [0.29, 0.717) is 54.9 Å². The third-order valence-electron chi connectivity index (χ3n) is 5.22. The minimum absolute atomic E-state index is 0.0161. The summed E-state index contributed by atoms with van der Waals surface area (Å²) >= 11 is 0.649. The van der Waals surface area contributed by atoms with E-state index in [9.17, 15) is 26.3 Å². The molecule has 0 amide bonds. The fraction of sp³-hybridized carbons (Fsp3) is 0.429. The van der Waals surface area contributed by atoms with Crippen molar-refractivity contribution in [2.75, 3.05) is 36.8 Å². The van der Waals surface area contributed by atoms with E-state index in [-0.39, 0.29) is 17.2 Å². The van der Waals surface area contributed by atoms with E-state index < -0.39 is 24.0 Å². The standard InChI is InChI=1S/C21H20F6N2O2S/c1-13-8-15(22)16(10-19(13)32-12-20(23,24)25)29-6-4-28(5-7-29)11-14-2-3-17-18(9-14)31-21(26,27)30-17/h2-3,8-10H,4-7,11-12H2,1H3. The normalized spacial score (nSPS) is 18.3. The Bertz CT molecular complexity index is 993. The van der Waals surface area contributed by atoms with Crippen molar-refractivity contribution >= 4 is 17.4 Å². The third-order valence-corrected chi connectivity index (χ3v) is 6.44. The molecule has 11 heteroatoms. The second-order valence-electron chi connectivity index (χ2n) is 7.68. The molecular weight excluding hydrogens is 458 g/mol. The Morgan fingerprint density at radius 1 is 1.00 bits per heavy atom. The van der Waals surface area contributed by atoms with Crippen LogP contribution in [0.25, 0.3) is 0 Å². The Morgan fingerprint density at radius 2 is 1.69 bits per heavy atom. The van der Waals surface area contributed by atoms with Crippen LogP contribution in [0.15, 0.2) is 35.2 Å². The van der Waals surface area contributed by atoms with E-state index in [2.05, 4.69) is 14.4 Å². The van der Waals surface area contributed by atoms with Gasteiger partial charge in [-0.15, -0.1) is 20.5 Å². The van der Waals surface area contributed by atoms with E-state index in [0.717, 1.165) is 5.56 Å². The molecule has 4 rings (SSSR count). The molecule has 0 N–H and O–H groups in total. The number of aryl methyl sites for hydroxylation is 1. The van der Waals surface area contributed by atoms with E-state index in [1.807, 2.05) is 4.90 Å². The Kier molecular flexibility index (Phi) is 6.15. The lowest BCUT2D eigenvalue weighted by molar-refractivity contribution is -0.286. The summed E-state index contributed by atoms with van der Waals surface area (Å²) < 4.78 is 87.5. The molecule has 0 bridgehead atoms. The average molecular weight is 478 g/mol. The average Bonchev–Trinajstić information content (AvgIpc) is 3.00. The predicted octanol–water partition coefficient (Wildman–Crippen LogP) is 5.43. The smallest absolute Gasteiger partial charge is 0.395 e. The van der Waals surface area contributed by atoms with Crippen LogP contribution >= 0.6 is 11.8 Å². The Hall–Kier alpha value is -2.27. The van der Waals surface area contributed by atoms with Gasteiger partial charge in [0, 0.05) is 37.6 Å². The second kappa shape index (κ2) is 8.58. The van der Waals surface area contributed by atoms with Crippen molar-refractivity contribution in [3.63, 3.8) is 0 Å². The van der Waals surface area contributed by atoms with Gasteiger partial charge in [0.05, 0.1) is 11.4 Å². The van der Waals surface area contributed by atoms with Crippen LogP contribution in [0.2, 0.25) is 0 Å². The SMILES string of the molecule is Cc1cc(F)c(N2CCN(Cc3ccc4c(c3)OC(F)(F)O4)CC2)cc1SCC(F)(F)F. The molecule has 0 aliphatic carbocycles. The number of fused-ring (bicyclic) bond motifs is 1. The van der Waals surface area contributed by atoms with E-state index in [4.69, 9.17) is 0 Å². The van der Waals surface area contributed by atoms with Gasteiger partial charge in [-0.1, -0.05) is 6.07 Å². The molecule has 0 aromatic heterocycles. The molecule has 0 atom stereocenters. The number of thioether (sulfide) groups is 1. The van der Waals surface area contributed by atoms with Gasteiger partial charge in [-0.2, -0.15) is 13.2 Å². The molecule has 0 spiro atoms. The summed E-state index contributed by atoms with van der Waals surface area (Å²) in [4.78, 5) is 4.29. The number of alkyl halides is 5. The highest BCUT2D eigenvalue weighted by atomic mass is 32.2. The van der Waals surface area contributed by atoms with Crippen LogP contribution in [0.3, 0.4) is 0 Å². The number of ether oxygens (including phenoxy) is 2. The van der Waals surface area contributed by atoms with Crippen LogP contribution in [0.1, 0.15) is 11.1 Å². The molecule has 2 heterocycles. The topological polar surface area (TPSA) is 24.9 Å². The van der Waals surface area contributed by atoms with Crippen molar-refractivity contribution < 1.29 is 35.8 Å². The van der Waals surface area contributed by atoms with E-state index in [1.54, 1.807) is 13.0 Å². The number of halogens is 6. The van der Waals surface area contributed by atoms with Gasteiger partial charge in [0.15, 0.2) is 11.5 Å². The highest BCUT2D eigenvalue weighted by Gasteiger charge is 2.43. The minimum atomic E-state index is -4.30. The molecule has 2 aliphatic heterocycles. The quantitative estimate of drug-likeness (QED) is 0.422. The Morgan fingerprint density at radius 3 is 2.38 bits per heavy atom. The molecule has 2 aromatic carbocycles. The monoisotopic (exact) mass is 478 g/mol. The molecule has 2 aromatic rings. The van der Waals surface area contributed by atoms with Crippen molar-refractivity contribution in [1.82, 2.24) is 4.90 Å². The summed E-state index contributed by atoms with van der Waals surface area (Å²) in [6, 6.07) is 7.37. The minimum Gasteiger partial charge on any atom is -0.395 e. The van der Waals surface area contributed by atoms with Crippen LogP contribution in [0.5, 0.6) is 11.5 Å². The summed E-state index contributed by atoms with van der Waals surface area (Å²) in [5.41, 5.74) is 1.52. The molecule has 1 fully saturated rings. The Balaban J connectivity index is 1.38. The lowest BCUT2D eigenvalue weighted by atomic mass is 10.1. The van der Waals surface area contributed by atoms with Gasteiger partial charge in [0.25, 0.3) is 0 Å². The van der Waals surface area contributed by atoms with Crippen molar-refractivity contribution in [2.24, 2.45) is 0 Å². The summed E-state index contributed by atoms with van der Waals surface area (Å²) in [7, 11) is 0. The van der Waals surface area contributed by atoms with Crippen LogP contribution in [-0.2, 0) is 6.54 Å². The molecule has 0 unspecified atom stereocenters. The van der Waals surface area contributed by atoms with Gasteiger partial charge in [-0.25, -0.2) is 4.39 Å². The molecule has 4 nitrogen and oxygen atoms in total. The zero-order chi connectivity index (χ0) is 23.1.